The lowest BCUT2D eigenvalue weighted by Crippen LogP contribution is -2.67. The van der Waals surface area contributed by atoms with Crippen molar-refractivity contribution in [2.45, 2.75) is 135 Å². The van der Waals surface area contributed by atoms with E-state index in [4.69, 9.17) is 8.37 Å². The van der Waals surface area contributed by atoms with Gasteiger partial charge in [0.2, 0.25) is 0 Å². The Morgan fingerprint density at radius 3 is 1.88 bits per heavy atom. The van der Waals surface area contributed by atoms with E-state index in [-0.39, 0.29) is 49.6 Å². The molecule has 0 saturated heterocycles. The number of benzene rings is 2. The Kier molecular flexibility index (Phi) is 9.41. The van der Waals surface area contributed by atoms with Crippen LogP contribution in [0.2, 0.25) is 0 Å². The standard InChI is InChI=1S/C44H62O6S2/c1-29(2)34-20-25-44(28-49-51(45,46)32-14-10-30(3)11-15-32)27-26-42(8)35(39(34)44)18-19-37-41(7)23-22-38(40(5,6)36(41)21-24-43(37,42)9)50-52(47,48)33-16-12-31(4)13-17-33/h10-17,34-39H,1,18-28H2,2-9H3/t34-,35+,36+,37+,38-,39+,41-,42+,43+,44+/m0/s1. The molecular formula is C44H62O6S2. The Bertz CT molecular complexity index is 1920. The summed E-state index contributed by atoms with van der Waals surface area (Å²) >= 11 is 0. The van der Waals surface area contributed by atoms with E-state index in [1.807, 2.05) is 38.1 Å². The molecule has 0 bridgehead atoms. The molecule has 286 valence electrons. The van der Waals surface area contributed by atoms with Crippen LogP contribution in [-0.4, -0.2) is 29.5 Å². The first-order chi connectivity index (χ1) is 24.2. The van der Waals surface area contributed by atoms with Crippen LogP contribution < -0.4 is 0 Å². The van der Waals surface area contributed by atoms with E-state index in [0.29, 0.717) is 29.6 Å². The van der Waals surface area contributed by atoms with E-state index >= 15 is 0 Å². The molecule has 0 amide bonds. The summed E-state index contributed by atoms with van der Waals surface area (Å²) in [4.78, 5) is 0.464. The first-order valence-corrected chi connectivity index (χ1v) is 22.6. The summed E-state index contributed by atoms with van der Waals surface area (Å²) in [7, 11) is -7.75. The van der Waals surface area contributed by atoms with Crippen LogP contribution in [0.25, 0.3) is 0 Å². The van der Waals surface area contributed by atoms with Gasteiger partial charge in [-0.2, -0.15) is 16.8 Å². The molecular weight excluding hydrogens is 689 g/mol. The van der Waals surface area contributed by atoms with Crippen LogP contribution in [0.5, 0.6) is 0 Å². The highest BCUT2D eigenvalue weighted by atomic mass is 32.2. The Labute approximate surface area is 314 Å². The lowest BCUT2D eigenvalue weighted by atomic mass is 9.32. The predicted octanol–water partition coefficient (Wildman–Crippen LogP) is 10.4. The maximum Gasteiger partial charge on any atom is 0.297 e. The molecule has 0 aliphatic heterocycles. The third-order valence-electron chi connectivity index (χ3n) is 16.5. The Hall–Kier alpha value is -2.00. The molecule has 0 unspecified atom stereocenters. The number of rotatable bonds is 8. The second kappa shape index (κ2) is 12.8. The van der Waals surface area contributed by atoms with Gasteiger partial charge in [-0.1, -0.05) is 82.2 Å². The maximum atomic E-state index is 13.5. The van der Waals surface area contributed by atoms with Crippen molar-refractivity contribution in [1.82, 2.24) is 0 Å². The summed E-state index contributed by atoms with van der Waals surface area (Å²) in [5.74, 6) is 2.04. The average molecular weight is 751 g/mol. The molecule has 7 rings (SSSR count). The van der Waals surface area contributed by atoms with Crippen molar-refractivity contribution in [2.75, 3.05) is 6.61 Å². The smallest absolute Gasteiger partial charge is 0.266 e. The van der Waals surface area contributed by atoms with E-state index in [1.165, 1.54) is 5.57 Å². The SMILES string of the molecule is C=C(C)[C@@H]1CC[C@]2(COS(=O)(=O)c3ccc(C)cc3)CC[C@]3(C)[C@H](CC[C@@H]4[C@@]5(C)CC[C@H](OS(=O)(=O)c6ccc(C)cc6)C(C)(C)[C@H]5CC[C@]43C)[C@@H]12. The second-order valence-corrected chi connectivity index (χ2v) is 22.5. The fourth-order valence-electron chi connectivity index (χ4n) is 13.6. The van der Waals surface area contributed by atoms with Crippen LogP contribution >= 0.6 is 0 Å². The molecule has 52 heavy (non-hydrogen) atoms. The van der Waals surface area contributed by atoms with Crippen LogP contribution in [0.15, 0.2) is 70.5 Å². The van der Waals surface area contributed by atoms with Crippen molar-refractivity contribution in [3.8, 4) is 0 Å². The van der Waals surface area contributed by atoms with Crippen LogP contribution in [0.3, 0.4) is 0 Å². The zero-order chi connectivity index (χ0) is 37.7. The monoisotopic (exact) mass is 750 g/mol. The molecule has 8 heteroatoms. The third kappa shape index (κ3) is 5.82. The molecule has 0 spiro atoms. The molecule has 5 saturated carbocycles. The van der Waals surface area contributed by atoms with Gasteiger partial charge >= 0.3 is 0 Å². The molecule has 0 aromatic heterocycles. The van der Waals surface area contributed by atoms with Gasteiger partial charge in [-0.3, -0.25) is 8.37 Å². The zero-order valence-corrected chi connectivity index (χ0v) is 34.5. The zero-order valence-electron chi connectivity index (χ0n) is 32.8. The molecule has 2 aromatic carbocycles. The normalized spacial score (nSPS) is 39.8. The molecule has 0 N–H and O–H groups in total. The summed E-state index contributed by atoms with van der Waals surface area (Å²) in [5, 5.41) is 0. The van der Waals surface area contributed by atoms with E-state index in [0.717, 1.165) is 75.3 Å². The number of allylic oxidation sites excluding steroid dienone is 1. The Balaban J connectivity index is 1.15. The molecule has 10 atom stereocenters. The van der Waals surface area contributed by atoms with E-state index in [2.05, 4.69) is 48.1 Å². The fourth-order valence-corrected chi connectivity index (χ4v) is 15.8. The van der Waals surface area contributed by atoms with E-state index in [1.54, 1.807) is 24.3 Å². The van der Waals surface area contributed by atoms with Gasteiger partial charge in [0, 0.05) is 0 Å². The van der Waals surface area contributed by atoms with Gasteiger partial charge in [0.25, 0.3) is 20.2 Å². The molecule has 6 nitrogen and oxygen atoms in total. The number of aryl methyl sites for hydroxylation is 2. The van der Waals surface area contributed by atoms with Crippen LogP contribution in [0.1, 0.15) is 117 Å². The van der Waals surface area contributed by atoms with Crippen molar-refractivity contribution >= 4 is 20.2 Å². The summed E-state index contributed by atoms with van der Waals surface area (Å²) in [5.41, 5.74) is 3.06. The summed E-state index contributed by atoms with van der Waals surface area (Å²) in [6.45, 7) is 23.1. The average Bonchev–Trinajstić information content (AvgIpc) is 3.46. The lowest BCUT2D eigenvalue weighted by Gasteiger charge is -2.73. The number of hydrogen-bond donors (Lipinski definition) is 0. The summed E-state index contributed by atoms with van der Waals surface area (Å²) in [6.07, 6.45) is 9.83. The highest BCUT2D eigenvalue weighted by molar-refractivity contribution is 7.87. The van der Waals surface area contributed by atoms with Crippen molar-refractivity contribution < 1.29 is 25.2 Å². The quantitative estimate of drug-likeness (QED) is 0.197. The Morgan fingerprint density at radius 1 is 0.692 bits per heavy atom. The van der Waals surface area contributed by atoms with Crippen molar-refractivity contribution in [3.63, 3.8) is 0 Å². The highest BCUT2D eigenvalue weighted by Gasteiger charge is 2.71. The number of hydrogen-bond acceptors (Lipinski definition) is 6. The van der Waals surface area contributed by atoms with Gasteiger partial charge in [-0.05, 0) is 166 Å². The van der Waals surface area contributed by atoms with Crippen molar-refractivity contribution in [3.05, 3.63) is 71.8 Å². The minimum Gasteiger partial charge on any atom is -0.266 e. The van der Waals surface area contributed by atoms with Crippen LogP contribution in [-0.2, 0) is 28.6 Å². The van der Waals surface area contributed by atoms with Crippen molar-refractivity contribution in [1.29, 1.82) is 0 Å². The van der Waals surface area contributed by atoms with Crippen molar-refractivity contribution in [2.24, 2.45) is 56.7 Å². The second-order valence-electron chi connectivity index (χ2n) is 19.3. The molecule has 5 aliphatic carbocycles. The Morgan fingerprint density at radius 2 is 1.29 bits per heavy atom. The van der Waals surface area contributed by atoms with E-state index < -0.39 is 20.2 Å². The largest absolute Gasteiger partial charge is 0.297 e. The molecule has 0 heterocycles. The minimum absolute atomic E-state index is 0.0706. The molecule has 5 fully saturated rings. The van der Waals surface area contributed by atoms with Gasteiger partial charge < -0.3 is 0 Å². The third-order valence-corrected chi connectivity index (χ3v) is 19.2. The lowest BCUT2D eigenvalue weighted by molar-refractivity contribution is -0.247. The minimum atomic E-state index is -3.88. The maximum absolute atomic E-state index is 13.5. The van der Waals surface area contributed by atoms with Crippen LogP contribution in [0.4, 0.5) is 0 Å². The summed E-state index contributed by atoms with van der Waals surface area (Å²) < 4.78 is 66.2. The van der Waals surface area contributed by atoms with Crippen LogP contribution in [0, 0.1) is 70.5 Å². The first kappa shape index (κ1) is 38.3. The summed E-state index contributed by atoms with van der Waals surface area (Å²) in [6, 6.07) is 14.0. The fraction of sp³-hybridized carbons (Fsp3) is 0.682. The van der Waals surface area contributed by atoms with Gasteiger partial charge in [0.15, 0.2) is 0 Å². The van der Waals surface area contributed by atoms with Gasteiger partial charge in [0.05, 0.1) is 22.5 Å². The van der Waals surface area contributed by atoms with Gasteiger partial charge in [-0.15, -0.1) is 0 Å². The first-order valence-electron chi connectivity index (χ1n) is 19.8. The van der Waals surface area contributed by atoms with Gasteiger partial charge in [-0.25, -0.2) is 0 Å². The topological polar surface area (TPSA) is 86.7 Å². The molecule has 5 aliphatic rings. The molecule has 2 aromatic rings. The molecule has 0 radical (unpaired) electrons. The predicted molar refractivity (Wildman–Crippen MR) is 207 cm³/mol. The number of fused-ring (bicyclic) bond motifs is 7. The van der Waals surface area contributed by atoms with E-state index in [9.17, 15) is 16.8 Å². The van der Waals surface area contributed by atoms with Gasteiger partial charge in [0.1, 0.15) is 0 Å². The highest BCUT2D eigenvalue weighted by Crippen LogP contribution is 2.77.